The predicted octanol–water partition coefficient (Wildman–Crippen LogP) is 4.11. The van der Waals surface area contributed by atoms with Crippen LogP contribution in [0.15, 0.2) is 36.4 Å². The molecule has 1 aromatic heterocycles. The lowest BCUT2D eigenvalue weighted by atomic mass is 10.1. The molecule has 0 saturated heterocycles. The van der Waals surface area contributed by atoms with Gasteiger partial charge in [0.1, 0.15) is 5.82 Å². The van der Waals surface area contributed by atoms with Crippen molar-refractivity contribution in [2.45, 2.75) is 39.0 Å². The van der Waals surface area contributed by atoms with E-state index in [-0.39, 0.29) is 13.2 Å². The summed E-state index contributed by atoms with van der Waals surface area (Å²) in [5.41, 5.74) is 4.17. The largest absolute Gasteiger partial charge is 0.481 e. The minimum atomic E-state index is -0.731. The summed E-state index contributed by atoms with van der Waals surface area (Å²) in [5, 5.41) is 8.72. The molecule has 0 fully saturated rings. The van der Waals surface area contributed by atoms with Crippen LogP contribution < -0.4 is 9.47 Å². The van der Waals surface area contributed by atoms with Crippen molar-refractivity contribution in [3.05, 3.63) is 47.8 Å². The molecule has 0 amide bonds. The highest BCUT2D eigenvalue weighted by Gasteiger charge is 2.19. The number of fused-ring (bicyclic) bond motifs is 2. The fraction of sp³-hybridized carbons (Fsp3) is 0.333. The van der Waals surface area contributed by atoms with Crippen molar-refractivity contribution in [3.8, 4) is 17.2 Å². The predicted molar refractivity (Wildman–Crippen MR) is 102 cm³/mol. The van der Waals surface area contributed by atoms with E-state index in [1.165, 1.54) is 5.56 Å². The van der Waals surface area contributed by atoms with Crippen LogP contribution >= 0.6 is 0 Å². The van der Waals surface area contributed by atoms with Gasteiger partial charge in [0.15, 0.2) is 11.5 Å². The first kappa shape index (κ1) is 17.4. The van der Waals surface area contributed by atoms with Gasteiger partial charge in [-0.2, -0.15) is 0 Å². The molecule has 2 aromatic carbocycles. The smallest absolute Gasteiger partial charge is 0.303 e. The minimum absolute atomic E-state index is 0.231. The van der Waals surface area contributed by atoms with Gasteiger partial charge in [-0.3, -0.25) is 9.36 Å². The van der Waals surface area contributed by atoms with Gasteiger partial charge in [-0.1, -0.05) is 19.1 Å². The lowest BCUT2D eigenvalue weighted by Crippen LogP contribution is -2.00. The highest BCUT2D eigenvalue weighted by molar-refractivity contribution is 5.82. The van der Waals surface area contributed by atoms with E-state index in [0.29, 0.717) is 6.42 Å². The van der Waals surface area contributed by atoms with E-state index in [1.54, 1.807) is 0 Å². The van der Waals surface area contributed by atoms with Crippen molar-refractivity contribution in [1.82, 2.24) is 9.55 Å². The summed E-state index contributed by atoms with van der Waals surface area (Å²) in [5.74, 6) is 1.75. The van der Waals surface area contributed by atoms with Crippen molar-refractivity contribution in [3.63, 3.8) is 0 Å². The van der Waals surface area contributed by atoms with Gasteiger partial charge >= 0.3 is 5.97 Å². The number of ether oxygens (including phenoxy) is 2. The van der Waals surface area contributed by atoms with E-state index >= 15 is 0 Å². The van der Waals surface area contributed by atoms with Crippen LogP contribution in [-0.2, 0) is 17.6 Å². The highest BCUT2D eigenvalue weighted by Crippen LogP contribution is 2.37. The standard InChI is InChI=1S/C21H22N2O4/c1-2-20-22-16-11-18-19(27-13-26-18)12-17(16)23(20)15-9-7-14(8-10-15)5-3-4-6-21(24)25/h7-12H,2-6,13H2,1H3,(H,24,25). The molecule has 0 aliphatic carbocycles. The summed E-state index contributed by atoms with van der Waals surface area (Å²) < 4.78 is 13.1. The fourth-order valence-electron chi connectivity index (χ4n) is 3.46. The quantitative estimate of drug-likeness (QED) is 0.637. The van der Waals surface area contributed by atoms with Crippen LogP contribution in [0.4, 0.5) is 0 Å². The molecule has 140 valence electrons. The zero-order valence-electron chi connectivity index (χ0n) is 15.3. The van der Waals surface area contributed by atoms with Crippen LogP contribution in [0.2, 0.25) is 0 Å². The molecule has 3 aromatic rings. The van der Waals surface area contributed by atoms with Gasteiger partial charge < -0.3 is 14.6 Å². The van der Waals surface area contributed by atoms with Gasteiger partial charge in [0.2, 0.25) is 6.79 Å². The number of unbranched alkanes of at least 4 members (excludes halogenated alkanes) is 1. The second kappa shape index (κ2) is 7.31. The van der Waals surface area contributed by atoms with Crippen molar-refractivity contribution >= 4 is 17.0 Å². The maximum Gasteiger partial charge on any atom is 0.303 e. The molecule has 0 spiro atoms. The Morgan fingerprint density at radius 3 is 2.59 bits per heavy atom. The third-order valence-electron chi connectivity index (χ3n) is 4.84. The molecule has 27 heavy (non-hydrogen) atoms. The number of hydrogen-bond donors (Lipinski definition) is 1. The number of aryl methyl sites for hydroxylation is 2. The molecule has 0 bridgehead atoms. The molecule has 0 atom stereocenters. The van der Waals surface area contributed by atoms with E-state index < -0.39 is 5.97 Å². The molecule has 0 saturated carbocycles. The molecule has 0 unspecified atom stereocenters. The van der Waals surface area contributed by atoms with Crippen LogP contribution in [0.3, 0.4) is 0 Å². The Labute approximate surface area is 157 Å². The summed E-state index contributed by atoms with van der Waals surface area (Å²) in [7, 11) is 0. The van der Waals surface area contributed by atoms with Crippen molar-refractivity contribution in [1.29, 1.82) is 0 Å². The number of rotatable bonds is 7. The van der Waals surface area contributed by atoms with Crippen molar-refractivity contribution < 1.29 is 19.4 Å². The maximum atomic E-state index is 10.6. The second-order valence-corrected chi connectivity index (χ2v) is 6.68. The van der Waals surface area contributed by atoms with Gasteiger partial charge in [0, 0.05) is 30.7 Å². The molecule has 1 N–H and O–H groups in total. The second-order valence-electron chi connectivity index (χ2n) is 6.68. The lowest BCUT2D eigenvalue weighted by Gasteiger charge is -2.10. The SMILES string of the molecule is CCc1nc2cc3c(cc2n1-c1ccc(CCCCC(=O)O)cc1)OCO3. The zero-order chi connectivity index (χ0) is 18.8. The number of benzene rings is 2. The Kier molecular flexibility index (Phi) is 4.71. The number of hydrogen-bond acceptors (Lipinski definition) is 4. The molecule has 1 aliphatic rings. The molecular weight excluding hydrogens is 344 g/mol. The Morgan fingerprint density at radius 1 is 1.15 bits per heavy atom. The molecule has 4 rings (SSSR count). The topological polar surface area (TPSA) is 73.6 Å². The molecule has 6 nitrogen and oxygen atoms in total. The van der Waals surface area contributed by atoms with Gasteiger partial charge in [-0.15, -0.1) is 0 Å². The number of nitrogens with zero attached hydrogens (tertiary/aromatic N) is 2. The van der Waals surface area contributed by atoms with Gasteiger partial charge in [0.05, 0.1) is 11.0 Å². The average Bonchev–Trinajstić information content (AvgIpc) is 3.27. The zero-order valence-corrected chi connectivity index (χ0v) is 15.3. The normalized spacial score (nSPS) is 12.6. The number of imidazole rings is 1. The molecular formula is C21H22N2O4. The van der Waals surface area contributed by atoms with Crippen molar-refractivity contribution in [2.75, 3.05) is 6.79 Å². The van der Waals surface area contributed by atoms with E-state index in [1.807, 2.05) is 12.1 Å². The summed E-state index contributed by atoms with van der Waals surface area (Å²) in [4.78, 5) is 15.4. The Bertz CT molecular complexity index is 976. The van der Waals surface area contributed by atoms with Crippen LogP contribution in [0.25, 0.3) is 16.7 Å². The first-order chi connectivity index (χ1) is 13.2. The Hall–Kier alpha value is -3.02. The number of carboxylic acid groups (broad SMARTS) is 1. The third-order valence-corrected chi connectivity index (χ3v) is 4.84. The summed E-state index contributed by atoms with van der Waals surface area (Å²) in [6.45, 7) is 2.34. The van der Waals surface area contributed by atoms with Gasteiger partial charge in [0.25, 0.3) is 0 Å². The van der Waals surface area contributed by atoms with Crippen LogP contribution in [-0.4, -0.2) is 27.4 Å². The van der Waals surface area contributed by atoms with E-state index in [9.17, 15) is 4.79 Å². The van der Waals surface area contributed by atoms with E-state index in [2.05, 4.69) is 35.8 Å². The molecule has 1 aliphatic heterocycles. The monoisotopic (exact) mass is 366 g/mol. The minimum Gasteiger partial charge on any atom is -0.481 e. The van der Waals surface area contributed by atoms with E-state index in [0.717, 1.165) is 53.3 Å². The number of aliphatic carboxylic acids is 1. The van der Waals surface area contributed by atoms with Gasteiger partial charge in [-0.05, 0) is 37.0 Å². The lowest BCUT2D eigenvalue weighted by molar-refractivity contribution is -0.137. The maximum absolute atomic E-state index is 10.6. The first-order valence-electron chi connectivity index (χ1n) is 9.28. The third kappa shape index (κ3) is 3.47. The molecule has 6 heteroatoms. The Morgan fingerprint density at radius 2 is 1.89 bits per heavy atom. The van der Waals surface area contributed by atoms with Gasteiger partial charge in [-0.25, -0.2) is 4.98 Å². The average molecular weight is 366 g/mol. The fourth-order valence-corrected chi connectivity index (χ4v) is 3.46. The van der Waals surface area contributed by atoms with Crippen LogP contribution in [0, 0.1) is 0 Å². The van der Waals surface area contributed by atoms with Crippen molar-refractivity contribution in [2.24, 2.45) is 0 Å². The van der Waals surface area contributed by atoms with Crippen LogP contribution in [0.5, 0.6) is 11.5 Å². The number of carbonyl (C=O) groups is 1. The summed E-state index contributed by atoms with van der Waals surface area (Å²) in [6, 6.07) is 12.3. The first-order valence-corrected chi connectivity index (χ1v) is 9.28. The number of carboxylic acids is 1. The Balaban J connectivity index is 1.60. The summed E-state index contributed by atoms with van der Waals surface area (Å²) >= 11 is 0. The molecule has 2 heterocycles. The highest BCUT2D eigenvalue weighted by atomic mass is 16.7. The number of aromatic nitrogens is 2. The molecule has 0 radical (unpaired) electrons. The van der Waals surface area contributed by atoms with Crippen LogP contribution in [0.1, 0.15) is 37.6 Å². The summed E-state index contributed by atoms with van der Waals surface area (Å²) in [6.07, 6.45) is 3.52. The van der Waals surface area contributed by atoms with E-state index in [4.69, 9.17) is 19.6 Å².